The fraction of sp³-hybridized carbons (Fsp3) is 0. The number of hydrogen-bond donors (Lipinski definition) is 0. The van der Waals surface area contributed by atoms with Crippen molar-refractivity contribution in [1.82, 2.24) is 9.97 Å². The minimum Gasteiger partial charge on any atom is -0.287 e. The fourth-order valence-electron chi connectivity index (χ4n) is 2.97. The molecule has 124 valence electrons. The van der Waals surface area contributed by atoms with Crippen LogP contribution in [0.4, 0.5) is 0 Å². The predicted octanol–water partition coefficient (Wildman–Crippen LogP) is 4.88. The number of Topliss-reactive ketones (excluding diaryl/α,β-unsaturated/α-hetero) is 2. The Morgan fingerprint density at radius 3 is 2.12 bits per heavy atom. The molecule has 0 radical (unpaired) electrons. The highest BCUT2D eigenvalue weighted by molar-refractivity contribution is 7.29. The molecule has 1 aliphatic carbocycles. The third-order valence-electron chi connectivity index (χ3n) is 4.19. The van der Waals surface area contributed by atoms with E-state index in [9.17, 15) is 9.59 Å². The highest BCUT2D eigenvalue weighted by Gasteiger charge is 2.35. The van der Waals surface area contributed by atoms with E-state index in [4.69, 9.17) is 0 Å². The third kappa shape index (κ3) is 2.34. The van der Waals surface area contributed by atoms with E-state index in [1.54, 1.807) is 28.7 Å². The molecule has 0 atom stereocenters. The highest BCUT2D eigenvalue weighted by atomic mass is 32.1. The van der Waals surface area contributed by atoms with E-state index in [0.717, 1.165) is 14.3 Å². The van der Waals surface area contributed by atoms with Gasteiger partial charge in [-0.3, -0.25) is 9.59 Å². The molecular formula is C20H10N2O2S2. The number of allylic oxidation sites excluding steroid dienone is 1. The van der Waals surface area contributed by atoms with Crippen LogP contribution >= 0.6 is 22.7 Å². The SMILES string of the molecule is O=C1C(=Cc2cc3sc(-c4ccccc4)cc3s2)C(=O)c2nccnc21. The maximum absolute atomic E-state index is 12.4. The number of aromatic nitrogens is 2. The number of rotatable bonds is 2. The van der Waals surface area contributed by atoms with Gasteiger partial charge in [-0.1, -0.05) is 30.3 Å². The lowest BCUT2D eigenvalue weighted by Crippen LogP contribution is -2.00. The van der Waals surface area contributed by atoms with Gasteiger partial charge < -0.3 is 0 Å². The molecule has 0 saturated carbocycles. The minimum atomic E-state index is -0.347. The van der Waals surface area contributed by atoms with Gasteiger partial charge in [0.1, 0.15) is 11.4 Å². The number of benzene rings is 1. The maximum atomic E-state index is 12.4. The molecule has 0 amide bonds. The van der Waals surface area contributed by atoms with Crippen molar-refractivity contribution in [3.05, 3.63) is 76.7 Å². The Balaban J connectivity index is 1.53. The summed E-state index contributed by atoms with van der Waals surface area (Å²) >= 11 is 3.28. The second kappa shape index (κ2) is 5.79. The summed E-state index contributed by atoms with van der Waals surface area (Å²) in [6.45, 7) is 0. The topological polar surface area (TPSA) is 59.9 Å². The fourth-order valence-corrected chi connectivity index (χ4v) is 5.33. The minimum absolute atomic E-state index is 0.142. The highest BCUT2D eigenvalue weighted by Crippen LogP contribution is 2.39. The lowest BCUT2D eigenvalue weighted by molar-refractivity contribution is 0.0988. The number of nitrogens with zero attached hydrogens (tertiary/aromatic N) is 2. The molecule has 3 aromatic heterocycles. The maximum Gasteiger partial charge on any atom is 0.217 e. The van der Waals surface area contributed by atoms with Crippen molar-refractivity contribution in [3.8, 4) is 10.4 Å². The van der Waals surface area contributed by atoms with Gasteiger partial charge in [-0.05, 0) is 23.8 Å². The Bertz CT molecular complexity index is 1150. The molecule has 0 spiro atoms. The standard InChI is InChI=1S/C20H10N2O2S2/c23-19-13(20(24)18-17(19)21-6-7-22-18)8-12-9-15-16(25-12)10-14(26-15)11-4-2-1-3-5-11/h1-10H. The van der Waals surface area contributed by atoms with Crippen LogP contribution < -0.4 is 0 Å². The first-order chi connectivity index (χ1) is 12.7. The van der Waals surface area contributed by atoms with Gasteiger partial charge in [0.05, 0.1) is 5.57 Å². The summed E-state index contributed by atoms with van der Waals surface area (Å²) in [6.07, 6.45) is 4.52. The molecule has 0 fully saturated rings. The molecule has 6 heteroatoms. The summed E-state index contributed by atoms with van der Waals surface area (Å²) < 4.78 is 2.29. The zero-order valence-electron chi connectivity index (χ0n) is 13.3. The average Bonchev–Trinajstić information content (AvgIpc) is 3.30. The van der Waals surface area contributed by atoms with E-state index in [-0.39, 0.29) is 28.5 Å². The van der Waals surface area contributed by atoms with Crippen LogP contribution in [0.5, 0.6) is 0 Å². The largest absolute Gasteiger partial charge is 0.287 e. The van der Waals surface area contributed by atoms with Crippen molar-refractivity contribution in [2.24, 2.45) is 0 Å². The molecule has 0 saturated heterocycles. The van der Waals surface area contributed by atoms with Gasteiger partial charge >= 0.3 is 0 Å². The number of thiophene rings is 2. The summed E-state index contributed by atoms with van der Waals surface area (Å²) in [5.41, 5.74) is 1.62. The Hall–Kier alpha value is -2.96. The molecule has 0 unspecified atom stereocenters. The van der Waals surface area contributed by atoms with Crippen molar-refractivity contribution < 1.29 is 9.59 Å². The molecule has 5 rings (SSSR count). The van der Waals surface area contributed by atoms with Crippen LogP contribution in [-0.2, 0) is 0 Å². The Morgan fingerprint density at radius 1 is 0.808 bits per heavy atom. The molecule has 4 aromatic rings. The van der Waals surface area contributed by atoms with Crippen LogP contribution in [0.15, 0.2) is 60.4 Å². The van der Waals surface area contributed by atoms with Gasteiger partial charge in [0.15, 0.2) is 0 Å². The van der Waals surface area contributed by atoms with Gasteiger partial charge in [0, 0.05) is 31.5 Å². The second-order valence-electron chi connectivity index (χ2n) is 5.82. The number of carbonyl (C=O) groups excluding carboxylic acids is 2. The Morgan fingerprint density at radius 2 is 1.46 bits per heavy atom. The van der Waals surface area contributed by atoms with Crippen LogP contribution in [-0.4, -0.2) is 21.5 Å². The van der Waals surface area contributed by atoms with Crippen molar-refractivity contribution in [3.63, 3.8) is 0 Å². The van der Waals surface area contributed by atoms with E-state index in [1.165, 1.54) is 22.8 Å². The van der Waals surface area contributed by atoms with E-state index in [1.807, 2.05) is 24.3 Å². The molecule has 3 heterocycles. The lowest BCUT2D eigenvalue weighted by Gasteiger charge is -1.94. The van der Waals surface area contributed by atoms with Gasteiger partial charge in [-0.25, -0.2) is 9.97 Å². The number of ketones is 2. The normalized spacial score (nSPS) is 13.5. The molecular weight excluding hydrogens is 364 g/mol. The van der Waals surface area contributed by atoms with E-state index >= 15 is 0 Å². The summed E-state index contributed by atoms with van der Waals surface area (Å²) in [4.78, 5) is 34.9. The molecule has 4 nitrogen and oxygen atoms in total. The van der Waals surface area contributed by atoms with E-state index in [0.29, 0.717) is 0 Å². The number of carbonyl (C=O) groups is 2. The van der Waals surface area contributed by atoms with Crippen molar-refractivity contribution in [2.45, 2.75) is 0 Å². The van der Waals surface area contributed by atoms with Crippen molar-refractivity contribution >= 4 is 49.7 Å². The van der Waals surface area contributed by atoms with E-state index < -0.39 is 0 Å². The van der Waals surface area contributed by atoms with Gasteiger partial charge in [0.2, 0.25) is 11.6 Å². The Labute approximate surface area is 156 Å². The quantitative estimate of drug-likeness (QED) is 0.370. The van der Waals surface area contributed by atoms with Crippen molar-refractivity contribution in [2.75, 3.05) is 0 Å². The first-order valence-electron chi connectivity index (χ1n) is 7.91. The Kier molecular flexibility index (Phi) is 3.41. The van der Waals surface area contributed by atoms with Crippen LogP contribution in [0.1, 0.15) is 25.9 Å². The smallest absolute Gasteiger partial charge is 0.217 e. The molecule has 26 heavy (non-hydrogen) atoms. The first kappa shape index (κ1) is 15.3. The average molecular weight is 374 g/mol. The molecule has 1 aliphatic rings. The molecule has 0 bridgehead atoms. The van der Waals surface area contributed by atoms with Crippen LogP contribution in [0.25, 0.3) is 25.9 Å². The summed E-state index contributed by atoms with van der Waals surface area (Å²) in [6, 6.07) is 14.4. The zero-order chi connectivity index (χ0) is 17.7. The van der Waals surface area contributed by atoms with Crippen molar-refractivity contribution in [1.29, 1.82) is 0 Å². The molecule has 0 aliphatic heterocycles. The number of fused-ring (bicyclic) bond motifs is 2. The van der Waals surface area contributed by atoms with Gasteiger partial charge in [-0.15, -0.1) is 22.7 Å². The van der Waals surface area contributed by atoms with Crippen LogP contribution in [0, 0.1) is 0 Å². The lowest BCUT2D eigenvalue weighted by atomic mass is 10.1. The van der Waals surface area contributed by atoms with Crippen LogP contribution in [0.2, 0.25) is 0 Å². The van der Waals surface area contributed by atoms with Gasteiger partial charge in [0.25, 0.3) is 0 Å². The van der Waals surface area contributed by atoms with E-state index in [2.05, 4.69) is 28.2 Å². The molecule has 1 aromatic carbocycles. The van der Waals surface area contributed by atoms with Crippen LogP contribution in [0.3, 0.4) is 0 Å². The first-order valence-corrected chi connectivity index (χ1v) is 9.55. The van der Waals surface area contributed by atoms with Gasteiger partial charge in [-0.2, -0.15) is 0 Å². The summed E-state index contributed by atoms with van der Waals surface area (Å²) in [7, 11) is 0. The monoisotopic (exact) mass is 374 g/mol. The zero-order valence-corrected chi connectivity index (χ0v) is 14.9. The second-order valence-corrected chi connectivity index (χ2v) is 8.02. The summed E-state index contributed by atoms with van der Waals surface area (Å²) in [5.74, 6) is -0.695. The summed E-state index contributed by atoms with van der Waals surface area (Å²) in [5, 5.41) is 0. The third-order valence-corrected chi connectivity index (χ3v) is 6.48. The predicted molar refractivity (Wildman–Crippen MR) is 104 cm³/mol. The number of hydrogen-bond acceptors (Lipinski definition) is 6. The molecule has 0 N–H and O–H groups in total.